The number of carbonyl (C=O) groups is 1. The number of alkyl halides is 3. The number of hydrogen-bond donors (Lipinski definition) is 2. The van der Waals surface area contributed by atoms with Crippen LogP contribution in [0.2, 0.25) is 0 Å². The summed E-state index contributed by atoms with van der Waals surface area (Å²) in [5.74, 6) is 0. The van der Waals surface area contributed by atoms with Crippen molar-refractivity contribution in [3.05, 3.63) is 89.2 Å². The van der Waals surface area contributed by atoms with Gasteiger partial charge in [0.2, 0.25) is 0 Å². The normalized spacial score (nSPS) is 11.3. The molecule has 28 heavy (non-hydrogen) atoms. The summed E-state index contributed by atoms with van der Waals surface area (Å²) in [6.45, 7) is 2.85. The Morgan fingerprint density at radius 3 is 2.57 bits per heavy atom. The number of halogens is 3. The number of nitrogens with zero attached hydrogens (tertiary/aromatic N) is 1. The Balaban J connectivity index is 1.63. The highest BCUT2D eigenvalue weighted by Gasteiger charge is 2.33. The zero-order chi connectivity index (χ0) is 20.1. The van der Waals surface area contributed by atoms with E-state index in [9.17, 15) is 18.0 Å². The first-order valence-corrected chi connectivity index (χ1v) is 8.73. The van der Waals surface area contributed by atoms with Crippen LogP contribution in [0.5, 0.6) is 0 Å². The number of rotatable bonds is 5. The minimum absolute atomic E-state index is 0.193. The lowest BCUT2D eigenvalue weighted by Crippen LogP contribution is -2.30. The van der Waals surface area contributed by atoms with Crippen LogP contribution in [-0.2, 0) is 19.3 Å². The van der Waals surface area contributed by atoms with Crippen molar-refractivity contribution in [3.63, 3.8) is 0 Å². The maximum Gasteiger partial charge on any atom is 0.418 e. The van der Waals surface area contributed by atoms with E-state index >= 15 is 0 Å². The van der Waals surface area contributed by atoms with Crippen LogP contribution in [-0.4, -0.2) is 10.6 Å². The van der Waals surface area contributed by atoms with Crippen LogP contribution in [0.25, 0.3) is 0 Å². The molecule has 3 aromatic rings. The van der Waals surface area contributed by atoms with Crippen molar-refractivity contribution < 1.29 is 18.0 Å². The van der Waals surface area contributed by atoms with Crippen molar-refractivity contribution in [2.75, 3.05) is 5.32 Å². The third kappa shape index (κ3) is 4.94. The molecule has 7 heteroatoms. The van der Waals surface area contributed by atoms with Gasteiger partial charge in [0, 0.05) is 18.4 Å². The Morgan fingerprint density at radius 1 is 1.04 bits per heavy atom. The van der Waals surface area contributed by atoms with Crippen molar-refractivity contribution >= 4 is 11.7 Å². The highest BCUT2D eigenvalue weighted by atomic mass is 19.4. The van der Waals surface area contributed by atoms with E-state index < -0.39 is 17.8 Å². The Labute approximate surface area is 161 Å². The van der Waals surface area contributed by atoms with E-state index in [4.69, 9.17) is 0 Å². The molecule has 0 aliphatic carbocycles. The van der Waals surface area contributed by atoms with E-state index in [1.54, 1.807) is 0 Å². The fourth-order valence-electron chi connectivity index (χ4n) is 2.95. The number of hydrogen-bond acceptors (Lipinski definition) is 1. The molecule has 0 aliphatic heterocycles. The number of amides is 2. The topological polar surface area (TPSA) is 46.1 Å². The van der Waals surface area contributed by atoms with Gasteiger partial charge in [-0.25, -0.2) is 4.79 Å². The molecule has 0 radical (unpaired) electrons. The van der Waals surface area contributed by atoms with Gasteiger partial charge in [-0.15, -0.1) is 0 Å². The molecular formula is C21H20F3N3O. The predicted octanol–water partition coefficient (Wildman–Crippen LogP) is 5.19. The number of aromatic nitrogens is 1. The fourth-order valence-corrected chi connectivity index (χ4v) is 2.95. The molecule has 4 nitrogen and oxygen atoms in total. The van der Waals surface area contributed by atoms with Gasteiger partial charge in [-0.3, -0.25) is 0 Å². The van der Waals surface area contributed by atoms with Crippen LogP contribution in [0, 0.1) is 6.92 Å². The number of carbonyl (C=O) groups excluding carboxylic acids is 1. The molecule has 2 N–H and O–H groups in total. The molecule has 1 heterocycles. The van der Waals surface area contributed by atoms with Crippen molar-refractivity contribution in [1.29, 1.82) is 0 Å². The lowest BCUT2D eigenvalue weighted by molar-refractivity contribution is -0.136. The molecule has 146 valence electrons. The third-order valence-corrected chi connectivity index (χ3v) is 4.27. The lowest BCUT2D eigenvalue weighted by atomic mass is 10.1. The first-order valence-electron chi connectivity index (χ1n) is 8.73. The Bertz CT molecular complexity index is 963. The quantitative estimate of drug-likeness (QED) is 0.622. The second-order valence-electron chi connectivity index (χ2n) is 6.47. The van der Waals surface area contributed by atoms with Crippen molar-refractivity contribution in [2.45, 2.75) is 26.2 Å². The van der Waals surface area contributed by atoms with E-state index in [0.29, 0.717) is 6.54 Å². The van der Waals surface area contributed by atoms with E-state index in [0.717, 1.165) is 22.9 Å². The van der Waals surface area contributed by atoms with Crippen LogP contribution in [0.4, 0.5) is 23.7 Å². The minimum atomic E-state index is -4.54. The van der Waals surface area contributed by atoms with Gasteiger partial charge in [-0.1, -0.05) is 42.0 Å². The van der Waals surface area contributed by atoms with E-state index in [1.807, 2.05) is 48.0 Å². The summed E-state index contributed by atoms with van der Waals surface area (Å²) < 4.78 is 41.0. The van der Waals surface area contributed by atoms with E-state index in [-0.39, 0.29) is 12.2 Å². The van der Waals surface area contributed by atoms with Gasteiger partial charge < -0.3 is 15.2 Å². The molecule has 0 saturated heterocycles. The van der Waals surface area contributed by atoms with Gasteiger partial charge in [0.25, 0.3) is 0 Å². The van der Waals surface area contributed by atoms with Gasteiger partial charge in [0.05, 0.1) is 17.8 Å². The summed E-state index contributed by atoms with van der Waals surface area (Å²) >= 11 is 0. The number of benzene rings is 2. The summed E-state index contributed by atoms with van der Waals surface area (Å²) in [6.07, 6.45) is -2.64. The number of aryl methyl sites for hydroxylation is 1. The molecule has 0 saturated carbocycles. The Hall–Kier alpha value is -3.22. The molecule has 2 aromatic carbocycles. The van der Waals surface area contributed by atoms with Crippen LogP contribution in [0.1, 0.15) is 22.4 Å². The van der Waals surface area contributed by atoms with Gasteiger partial charge in [-0.05, 0) is 36.8 Å². The molecule has 2 amide bonds. The molecule has 0 bridgehead atoms. The lowest BCUT2D eigenvalue weighted by Gasteiger charge is -2.15. The number of nitrogens with one attached hydrogen (secondary N) is 2. The standard InChI is InChI=1S/C21H20F3N3O/c1-15-6-4-7-16(12-15)14-27-11-5-8-17(27)13-25-20(28)26-19-10-3-2-9-18(19)21(22,23)24/h2-12H,13-14H2,1H3,(H2,25,26,28). The molecule has 0 fully saturated rings. The Morgan fingerprint density at radius 2 is 1.82 bits per heavy atom. The molecule has 0 spiro atoms. The first kappa shape index (κ1) is 19.5. The highest BCUT2D eigenvalue weighted by Crippen LogP contribution is 2.34. The average Bonchev–Trinajstić information content (AvgIpc) is 3.06. The summed E-state index contributed by atoms with van der Waals surface area (Å²) in [4.78, 5) is 12.1. The summed E-state index contributed by atoms with van der Waals surface area (Å²) in [5.41, 5.74) is 1.98. The Kier molecular flexibility index (Phi) is 5.73. The predicted molar refractivity (Wildman–Crippen MR) is 102 cm³/mol. The molecule has 3 rings (SSSR count). The van der Waals surface area contributed by atoms with Gasteiger partial charge in [-0.2, -0.15) is 13.2 Å². The highest BCUT2D eigenvalue weighted by molar-refractivity contribution is 5.90. The van der Waals surface area contributed by atoms with Crippen LogP contribution >= 0.6 is 0 Å². The van der Waals surface area contributed by atoms with Gasteiger partial charge in [0.15, 0.2) is 0 Å². The number of urea groups is 1. The molecule has 1 aromatic heterocycles. The monoisotopic (exact) mass is 387 g/mol. The SMILES string of the molecule is Cc1cccc(Cn2cccc2CNC(=O)Nc2ccccc2C(F)(F)F)c1. The summed E-state index contributed by atoms with van der Waals surface area (Å²) in [7, 11) is 0. The van der Waals surface area contributed by atoms with Gasteiger partial charge >= 0.3 is 12.2 Å². The molecule has 0 aliphatic rings. The van der Waals surface area contributed by atoms with Crippen molar-refractivity contribution in [1.82, 2.24) is 9.88 Å². The zero-order valence-corrected chi connectivity index (χ0v) is 15.3. The van der Waals surface area contributed by atoms with Crippen LogP contribution in [0.3, 0.4) is 0 Å². The zero-order valence-electron chi connectivity index (χ0n) is 15.3. The second kappa shape index (κ2) is 8.21. The molecular weight excluding hydrogens is 367 g/mol. The van der Waals surface area contributed by atoms with Gasteiger partial charge in [0.1, 0.15) is 0 Å². The number of para-hydroxylation sites is 1. The van der Waals surface area contributed by atoms with Crippen LogP contribution < -0.4 is 10.6 Å². The third-order valence-electron chi connectivity index (χ3n) is 4.27. The average molecular weight is 387 g/mol. The fraction of sp³-hybridized carbons (Fsp3) is 0.190. The van der Waals surface area contributed by atoms with Crippen molar-refractivity contribution in [3.8, 4) is 0 Å². The number of anilines is 1. The smallest absolute Gasteiger partial charge is 0.345 e. The maximum absolute atomic E-state index is 13.0. The molecule has 0 atom stereocenters. The first-order chi connectivity index (χ1) is 13.3. The largest absolute Gasteiger partial charge is 0.418 e. The van der Waals surface area contributed by atoms with Crippen molar-refractivity contribution in [2.24, 2.45) is 0 Å². The summed E-state index contributed by atoms with van der Waals surface area (Å²) in [5, 5.41) is 4.89. The van der Waals surface area contributed by atoms with Crippen LogP contribution in [0.15, 0.2) is 66.9 Å². The second-order valence-corrected chi connectivity index (χ2v) is 6.47. The summed E-state index contributed by atoms with van der Waals surface area (Å²) in [6, 6.07) is 16.0. The maximum atomic E-state index is 13.0. The molecule has 0 unspecified atom stereocenters. The van der Waals surface area contributed by atoms with E-state index in [1.165, 1.54) is 18.2 Å². The minimum Gasteiger partial charge on any atom is -0.345 e. The van der Waals surface area contributed by atoms with E-state index in [2.05, 4.69) is 16.7 Å².